The number of rotatable bonds is 7. The number of ether oxygens (including phenoxy) is 1. The summed E-state index contributed by atoms with van der Waals surface area (Å²) in [6, 6.07) is 18.4. The van der Waals surface area contributed by atoms with Gasteiger partial charge in [0.2, 0.25) is 0 Å². The molecule has 0 bridgehead atoms. The lowest BCUT2D eigenvalue weighted by atomic mass is 9.97. The van der Waals surface area contributed by atoms with Crippen LogP contribution in [0, 0.1) is 5.92 Å². The first-order valence-electron chi connectivity index (χ1n) is 7.59. The standard InChI is InChI=1S/C19H24O/c1-3-7-16(2)10-11-17-12-14-19(15-13-17)20-18-8-5-4-6-9-18/h4-6,8-9,12-16H,3,7,10-11H2,1-2H3. The second-order valence-corrected chi connectivity index (χ2v) is 5.49. The summed E-state index contributed by atoms with van der Waals surface area (Å²) in [5.41, 5.74) is 1.40. The van der Waals surface area contributed by atoms with Gasteiger partial charge >= 0.3 is 0 Å². The lowest BCUT2D eigenvalue weighted by Crippen LogP contribution is -1.96. The van der Waals surface area contributed by atoms with Crippen LogP contribution in [0.2, 0.25) is 0 Å². The van der Waals surface area contributed by atoms with Gasteiger partial charge < -0.3 is 4.74 Å². The lowest BCUT2D eigenvalue weighted by Gasteiger charge is -2.10. The smallest absolute Gasteiger partial charge is 0.127 e. The molecule has 0 N–H and O–H groups in total. The van der Waals surface area contributed by atoms with Gasteiger partial charge in [0, 0.05) is 0 Å². The summed E-state index contributed by atoms with van der Waals surface area (Å²) in [5, 5.41) is 0. The third kappa shape index (κ3) is 4.73. The molecule has 0 fully saturated rings. The van der Waals surface area contributed by atoms with E-state index >= 15 is 0 Å². The molecule has 0 aromatic heterocycles. The van der Waals surface area contributed by atoms with Crippen molar-refractivity contribution in [2.24, 2.45) is 5.92 Å². The summed E-state index contributed by atoms with van der Waals surface area (Å²) in [6.07, 6.45) is 5.04. The fourth-order valence-electron chi connectivity index (χ4n) is 2.40. The molecule has 1 unspecified atom stereocenters. The molecule has 0 spiro atoms. The third-order valence-corrected chi connectivity index (χ3v) is 3.61. The average Bonchev–Trinajstić information content (AvgIpc) is 2.48. The first kappa shape index (κ1) is 14.6. The van der Waals surface area contributed by atoms with Crippen LogP contribution < -0.4 is 4.74 Å². The largest absolute Gasteiger partial charge is 0.457 e. The minimum Gasteiger partial charge on any atom is -0.457 e. The maximum Gasteiger partial charge on any atom is 0.127 e. The SMILES string of the molecule is CCCC(C)CCc1ccc(Oc2ccccc2)cc1. The molecule has 1 nitrogen and oxygen atoms in total. The van der Waals surface area contributed by atoms with E-state index < -0.39 is 0 Å². The highest BCUT2D eigenvalue weighted by Crippen LogP contribution is 2.22. The summed E-state index contributed by atoms with van der Waals surface area (Å²) in [7, 11) is 0. The molecule has 0 heterocycles. The Bertz CT molecular complexity index is 487. The lowest BCUT2D eigenvalue weighted by molar-refractivity contribution is 0.479. The first-order valence-corrected chi connectivity index (χ1v) is 7.59. The minimum atomic E-state index is 0.820. The van der Waals surface area contributed by atoms with Crippen LogP contribution in [0.4, 0.5) is 0 Å². The quantitative estimate of drug-likeness (QED) is 0.612. The van der Waals surface area contributed by atoms with Crippen LogP contribution >= 0.6 is 0 Å². The highest BCUT2D eigenvalue weighted by atomic mass is 16.5. The van der Waals surface area contributed by atoms with E-state index in [1.807, 2.05) is 30.3 Å². The van der Waals surface area contributed by atoms with Crippen molar-refractivity contribution in [3.05, 3.63) is 60.2 Å². The van der Waals surface area contributed by atoms with Gasteiger partial charge in [-0.25, -0.2) is 0 Å². The molecule has 2 aromatic carbocycles. The average molecular weight is 268 g/mol. The Labute approximate surface area is 122 Å². The van der Waals surface area contributed by atoms with Crippen molar-refractivity contribution in [2.45, 2.75) is 39.5 Å². The maximum atomic E-state index is 5.80. The minimum absolute atomic E-state index is 0.820. The van der Waals surface area contributed by atoms with Crippen molar-refractivity contribution >= 4 is 0 Å². The molecule has 106 valence electrons. The topological polar surface area (TPSA) is 9.23 Å². The van der Waals surface area contributed by atoms with Crippen molar-refractivity contribution in [3.63, 3.8) is 0 Å². The summed E-state index contributed by atoms with van der Waals surface area (Å²) >= 11 is 0. The molecule has 0 aliphatic heterocycles. The van der Waals surface area contributed by atoms with E-state index in [1.54, 1.807) is 0 Å². The molecule has 0 amide bonds. The highest BCUT2D eigenvalue weighted by molar-refractivity contribution is 5.32. The summed E-state index contributed by atoms with van der Waals surface area (Å²) < 4.78 is 5.80. The van der Waals surface area contributed by atoms with Gasteiger partial charge in [-0.1, -0.05) is 57.0 Å². The van der Waals surface area contributed by atoms with Crippen LogP contribution in [0.25, 0.3) is 0 Å². The van der Waals surface area contributed by atoms with E-state index in [4.69, 9.17) is 4.74 Å². The monoisotopic (exact) mass is 268 g/mol. The predicted molar refractivity (Wildman–Crippen MR) is 85.4 cm³/mol. The Morgan fingerprint density at radius 3 is 2.15 bits per heavy atom. The van der Waals surface area contributed by atoms with E-state index in [0.717, 1.165) is 23.8 Å². The molecular weight excluding hydrogens is 244 g/mol. The summed E-state index contributed by atoms with van der Waals surface area (Å²) in [4.78, 5) is 0. The Morgan fingerprint density at radius 2 is 1.50 bits per heavy atom. The number of hydrogen-bond donors (Lipinski definition) is 0. The normalized spacial score (nSPS) is 12.1. The van der Waals surface area contributed by atoms with E-state index in [9.17, 15) is 0 Å². The zero-order chi connectivity index (χ0) is 14.2. The van der Waals surface area contributed by atoms with E-state index in [1.165, 1.54) is 24.8 Å². The second kappa shape index (κ2) is 7.74. The van der Waals surface area contributed by atoms with Gasteiger partial charge in [-0.15, -0.1) is 0 Å². The van der Waals surface area contributed by atoms with Gasteiger partial charge in [0.1, 0.15) is 11.5 Å². The Kier molecular flexibility index (Phi) is 5.67. The molecule has 0 radical (unpaired) electrons. The molecule has 2 aromatic rings. The van der Waals surface area contributed by atoms with Crippen LogP contribution in [0.5, 0.6) is 11.5 Å². The van der Waals surface area contributed by atoms with Gasteiger partial charge in [-0.3, -0.25) is 0 Å². The Hall–Kier alpha value is -1.76. The number of hydrogen-bond acceptors (Lipinski definition) is 1. The van der Waals surface area contributed by atoms with E-state index in [0.29, 0.717) is 0 Å². The second-order valence-electron chi connectivity index (χ2n) is 5.49. The number of benzene rings is 2. The highest BCUT2D eigenvalue weighted by Gasteiger charge is 2.02. The van der Waals surface area contributed by atoms with E-state index in [2.05, 4.69) is 38.1 Å². The molecule has 20 heavy (non-hydrogen) atoms. The molecule has 2 rings (SSSR count). The van der Waals surface area contributed by atoms with Crippen LogP contribution in [0.3, 0.4) is 0 Å². The zero-order valence-corrected chi connectivity index (χ0v) is 12.5. The fourth-order valence-corrected chi connectivity index (χ4v) is 2.40. The third-order valence-electron chi connectivity index (χ3n) is 3.61. The van der Waals surface area contributed by atoms with Crippen LogP contribution in [0.15, 0.2) is 54.6 Å². The van der Waals surface area contributed by atoms with Gasteiger partial charge in [0.15, 0.2) is 0 Å². The molecule has 1 atom stereocenters. The molecule has 0 aliphatic carbocycles. The molecule has 0 aliphatic rings. The van der Waals surface area contributed by atoms with Crippen molar-refractivity contribution < 1.29 is 4.74 Å². The molecule has 1 heteroatoms. The molecular formula is C19H24O. The Balaban J connectivity index is 1.87. The van der Waals surface area contributed by atoms with Gasteiger partial charge in [-0.2, -0.15) is 0 Å². The summed E-state index contributed by atoms with van der Waals surface area (Å²) in [5.74, 6) is 2.61. The zero-order valence-electron chi connectivity index (χ0n) is 12.5. The fraction of sp³-hybridized carbons (Fsp3) is 0.368. The van der Waals surface area contributed by atoms with Crippen LogP contribution in [-0.2, 0) is 6.42 Å². The van der Waals surface area contributed by atoms with E-state index in [-0.39, 0.29) is 0 Å². The van der Waals surface area contributed by atoms with Crippen molar-refractivity contribution in [3.8, 4) is 11.5 Å². The molecule has 0 saturated heterocycles. The van der Waals surface area contributed by atoms with Crippen LogP contribution in [-0.4, -0.2) is 0 Å². The summed E-state index contributed by atoms with van der Waals surface area (Å²) in [6.45, 7) is 4.60. The van der Waals surface area contributed by atoms with Crippen molar-refractivity contribution in [2.75, 3.05) is 0 Å². The Morgan fingerprint density at radius 1 is 0.850 bits per heavy atom. The van der Waals surface area contributed by atoms with Crippen LogP contribution in [0.1, 0.15) is 38.7 Å². The van der Waals surface area contributed by atoms with Gasteiger partial charge in [-0.05, 0) is 48.6 Å². The van der Waals surface area contributed by atoms with Gasteiger partial charge in [0.05, 0.1) is 0 Å². The number of aryl methyl sites for hydroxylation is 1. The van der Waals surface area contributed by atoms with Crippen molar-refractivity contribution in [1.29, 1.82) is 0 Å². The maximum absolute atomic E-state index is 5.80. The predicted octanol–water partition coefficient (Wildman–Crippen LogP) is 5.85. The first-order chi connectivity index (χ1) is 9.78. The molecule has 0 saturated carbocycles. The van der Waals surface area contributed by atoms with Crippen molar-refractivity contribution in [1.82, 2.24) is 0 Å². The van der Waals surface area contributed by atoms with Gasteiger partial charge in [0.25, 0.3) is 0 Å². The number of para-hydroxylation sites is 1.